The van der Waals surface area contributed by atoms with E-state index in [1.165, 1.54) is 0 Å². The van der Waals surface area contributed by atoms with Gasteiger partial charge in [0.25, 0.3) is 0 Å². The van der Waals surface area contributed by atoms with E-state index in [0.29, 0.717) is 6.42 Å². The van der Waals surface area contributed by atoms with Crippen molar-refractivity contribution in [1.29, 1.82) is 0 Å². The summed E-state index contributed by atoms with van der Waals surface area (Å²) in [6.07, 6.45) is 1.43. The van der Waals surface area contributed by atoms with Crippen LogP contribution in [0.15, 0.2) is 0 Å². The van der Waals surface area contributed by atoms with Crippen LogP contribution in [0.1, 0.15) is 12.8 Å². The van der Waals surface area contributed by atoms with Crippen molar-refractivity contribution in [1.82, 2.24) is 0 Å². The highest BCUT2D eigenvalue weighted by Crippen LogP contribution is 2.30. The molecule has 0 unspecified atom stereocenters. The highest BCUT2D eigenvalue weighted by Gasteiger charge is 2.26. The fourth-order valence-electron chi connectivity index (χ4n) is 0.384. The first kappa shape index (κ1) is 10.6. The molecule has 0 aliphatic carbocycles. The Morgan fingerprint density at radius 2 is 1.80 bits per heavy atom. The van der Waals surface area contributed by atoms with Crippen molar-refractivity contribution in [2.75, 3.05) is 11.1 Å². The fraction of sp³-hybridized carbons (Fsp3) is 1.00. The van der Waals surface area contributed by atoms with Gasteiger partial charge in [0.1, 0.15) is 0 Å². The molecule has 0 aromatic carbocycles. The number of hydrogen-bond donors (Lipinski definition) is 0. The van der Waals surface area contributed by atoms with Gasteiger partial charge in [-0.05, 0) is 12.8 Å². The van der Waals surface area contributed by atoms with Crippen molar-refractivity contribution in [2.24, 2.45) is 0 Å². The molecule has 0 aliphatic heterocycles. The van der Waals surface area contributed by atoms with Crippen LogP contribution in [0.4, 0.5) is 13.2 Å². The summed E-state index contributed by atoms with van der Waals surface area (Å²) >= 11 is 3.19. The molecule has 0 bridgehead atoms. The number of unbranched alkanes of at least 4 members (excludes halogenated alkanes) is 1. The average molecular weight is 237 g/mol. The maximum Gasteiger partial charge on any atom is 0.441 e. The number of rotatable bonds is 4. The zero-order valence-electron chi connectivity index (χ0n) is 5.25. The first-order chi connectivity index (χ1) is 4.56. The third-order valence-electron chi connectivity index (χ3n) is 0.794. The second-order valence-electron chi connectivity index (χ2n) is 1.69. The molecule has 0 N–H and O–H groups in total. The molecule has 0 aliphatic rings. The maximum atomic E-state index is 11.4. The molecule has 0 radical (unpaired) electrons. The van der Waals surface area contributed by atoms with Crippen LogP contribution in [0.3, 0.4) is 0 Å². The molecule has 0 atom stereocenters. The minimum absolute atomic E-state index is 0.0527. The maximum absolute atomic E-state index is 11.4. The van der Waals surface area contributed by atoms with Crippen LogP contribution in [-0.4, -0.2) is 16.6 Å². The van der Waals surface area contributed by atoms with Gasteiger partial charge in [0.2, 0.25) is 0 Å². The first-order valence-corrected chi connectivity index (χ1v) is 4.93. The van der Waals surface area contributed by atoms with Crippen molar-refractivity contribution in [3.8, 4) is 0 Å². The highest BCUT2D eigenvalue weighted by atomic mass is 79.9. The van der Waals surface area contributed by atoms with Crippen molar-refractivity contribution < 1.29 is 13.2 Å². The van der Waals surface area contributed by atoms with E-state index >= 15 is 0 Å². The summed E-state index contributed by atoms with van der Waals surface area (Å²) < 4.78 is 34.3. The molecule has 5 heteroatoms. The lowest BCUT2D eigenvalue weighted by Gasteiger charge is -2.03. The number of halogens is 4. The van der Waals surface area contributed by atoms with Gasteiger partial charge in [-0.15, -0.1) is 0 Å². The van der Waals surface area contributed by atoms with Gasteiger partial charge in [-0.3, -0.25) is 0 Å². The van der Waals surface area contributed by atoms with Gasteiger partial charge in [0.15, 0.2) is 0 Å². The summed E-state index contributed by atoms with van der Waals surface area (Å²) in [5.74, 6) is 0.176. The molecular weight excluding hydrogens is 229 g/mol. The van der Waals surface area contributed by atoms with E-state index in [-0.39, 0.29) is 17.5 Å². The molecule has 0 fully saturated rings. The predicted octanol–water partition coefficient (Wildman–Crippen LogP) is 3.41. The smallest absolute Gasteiger partial charge is 0.160 e. The van der Waals surface area contributed by atoms with E-state index < -0.39 is 5.51 Å². The normalized spacial score (nSPS) is 12.0. The van der Waals surface area contributed by atoms with E-state index in [1.54, 1.807) is 0 Å². The Hall–Kier alpha value is 0.620. The molecule has 0 heterocycles. The molecule has 0 aromatic rings. The van der Waals surface area contributed by atoms with Gasteiger partial charge in [0, 0.05) is 11.1 Å². The Bertz CT molecular complexity index is 83.5. The SMILES string of the molecule is FC(F)(F)SCCCCBr. The molecule has 0 amide bonds. The molecule has 0 spiro atoms. The van der Waals surface area contributed by atoms with Crippen LogP contribution < -0.4 is 0 Å². The molecule has 0 saturated carbocycles. The lowest BCUT2D eigenvalue weighted by atomic mass is 10.4. The lowest BCUT2D eigenvalue weighted by molar-refractivity contribution is -0.0327. The lowest BCUT2D eigenvalue weighted by Crippen LogP contribution is -2.01. The third kappa shape index (κ3) is 8.62. The Morgan fingerprint density at radius 3 is 2.20 bits per heavy atom. The zero-order chi connectivity index (χ0) is 8.04. The summed E-state index contributed by atoms with van der Waals surface area (Å²) in [4.78, 5) is 0. The van der Waals surface area contributed by atoms with Crippen LogP contribution >= 0.6 is 27.7 Å². The van der Waals surface area contributed by atoms with Gasteiger partial charge >= 0.3 is 5.51 Å². The van der Waals surface area contributed by atoms with E-state index in [4.69, 9.17) is 0 Å². The third-order valence-corrected chi connectivity index (χ3v) is 2.17. The van der Waals surface area contributed by atoms with E-state index in [9.17, 15) is 13.2 Å². The summed E-state index contributed by atoms with van der Waals surface area (Å²) in [6, 6.07) is 0. The van der Waals surface area contributed by atoms with Crippen molar-refractivity contribution >= 4 is 27.7 Å². The Kier molecular flexibility index (Phi) is 5.62. The number of thioether (sulfide) groups is 1. The van der Waals surface area contributed by atoms with E-state index in [0.717, 1.165) is 11.8 Å². The van der Waals surface area contributed by atoms with Crippen molar-refractivity contribution in [3.63, 3.8) is 0 Å². The van der Waals surface area contributed by atoms with Crippen LogP contribution in [0, 0.1) is 0 Å². The standard InChI is InChI=1S/C5H8BrF3S/c6-3-1-2-4-10-5(7,8)9/h1-4H2. The van der Waals surface area contributed by atoms with Gasteiger partial charge in [0.05, 0.1) is 0 Å². The molecule has 0 saturated heterocycles. The van der Waals surface area contributed by atoms with Gasteiger partial charge in [-0.1, -0.05) is 27.7 Å². The topological polar surface area (TPSA) is 0 Å². The van der Waals surface area contributed by atoms with Gasteiger partial charge in [-0.2, -0.15) is 13.2 Å². The second kappa shape index (κ2) is 5.29. The minimum atomic E-state index is -4.05. The van der Waals surface area contributed by atoms with E-state index in [2.05, 4.69) is 15.9 Å². The molecule has 0 nitrogen and oxygen atoms in total. The van der Waals surface area contributed by atoms with E-state index in [1.807, 2.05) is 0 Å². The second-order valence-corrected chi connectivity index (χ2v) is 3.64. The molecule has 10 heavy (non-hydrogen) atoms. The van der Waals surface area contributed by atoms with Crippen molar-refractivity contribution in [2.45, 2.75) is 18.3 Å². The Balaban J connectivity index is 3.04. The Morgan fingerprint density at radius 1 is 1.20 bits per heavy atom. The van der Waals surface area contributed by atoms with Crippen LogP contribution in [0.2, 0.25) is 0 Å². The molecule has 62 valence electrons. The predicted molar refractivity (Wildman–Crippen MR) is 41.5 cm³/mol. The summed E-state index contributed by atoms with van der Waals surface area (Å²) in [5.41, 5.74) is -4.05. The molecule has 0 rings (SSSR count). The van der Waals surface area contributed by atoms with Gasteiger partial charge < -0.3 is 0 Å². The average Bonchev–Trinajstić information content (AvgIpc) is 1.78. The summed E-state index contributed by atoms with van der Waals surface area (Å²) in [7, 11) is 0. The summed E-state index contributed by atoms with van der Waals surface area (Å²) in [5, 5.41) is 0.783. The van der Waals surface area contributed by atoms with Gasteiger partial charge in [-0.25, -0.2) is 0 Å². The van der Waals surface area contributed by atoms with Crippen LogP contribution in [-0.2, 0) is 0 Å². The zero-order valence-corrected chi connectivity index (χ0v) is 7.65. The van der Waals surface area contributed by atoms with Crippen LogP contribution in [0.25, 0.3) is 0 Å². The minimum Gasteiger partial charge on any atom is -0.160 e. The quantitative estimate of drug-likeness (QED) is 0.533. The summed E-state index contributed by atoms with van der Waals surface area (Å²) in [6.45, 7) is 0. The van der Waals surface area contributed by atoms with Crippen molar-refractivity contribution in [3.05, 3.63) is 0 Å². The Labute approximate surface area is 70.7 Å². The highest BCUT2D eigenvalue weighted by molar-refractivity contribution is 9.09. The fourth-order valence-corrected chi connectivity index (χ4v) is 1.36. The number of alkyl halides is 4. The van der Waals surface area contributed by atoms with Crippen LogP contribution in [0.5, 0.6) is 0 Å². The molecule has 0 aromatic heterocycles. The monoisotopic (exact) mass is 236 g/mol. The largest absolute Gasteiger partial charge is 0.441 e. The first-order valence-electron chi connectivity index (χ1n) is 2.83. The molecular formula is C5H8BrF3S. The number of hydrogen-bond acceptors (Lipinski definition) is 1.